The zero-order valence-electron chi connectivity index (χ0n) is 19.1. The molecule has 0 aliphatic heterocycles. The SMILES string of the molecule is CCCCCCC(=O)OC1=C2CCC3C4CCC(=O)C4(C)CCC3C2(C)CCC1=O. The van der Waals surface area contributed by atoms with Crippen LogP contribution in [0.2, 0.25) is 0 Å². The first-order chi connectivity index (χ1) is 14.3. The number of fused-ring (bicyclic) bond motifs is 5. The molecule has 3 fully saturated rings. The van der Waals surface area contributed by atoms with Gasteiger partial charge in [-0.15, -0.1) is 0 Å². The minimum absolute atomic E-state index is 0.0134. The van der Waals surface area contributed by atoms with Crippen LogP contribution in [0, 0.1) is 28.6 Å². The molecule has 0 heterocycles. The van der Waals surface area contributed by atoms with Crippen molar-refractivity contribution in [3.63, 3.8) is 0 Å². The van der Waals surface area contributed by atoms with Crippen molar-refractivity contribution in [2.45, 2.75) is 104 Å². The maximum absolute atomic E-state index is 12.8. The predicted octanol–water partition coefficient (Wildman–Crippen LogP) is 5.93. The van der Waals surface area contributed by atoms with Crippen molar-refractivity contribution >= 4 is 17.5 Å². The molecule has 5 atom stereocenters. The average Bonchev–Trinajstić information content (AvgIpc) is 3.03. The Kier molecular flexibility index (Phi) is 5.98. The van der Waals surface area contributed by atoms with Crippen LogP contribution in [0.15, 0.2) is 11.3 Å². The van der Waals surface area contributed by atoms with Crippen LogP contribution in [-0.4, -0.2) is 17.5 Å². The summed E-state index contributed by atoms with van der Waals surface area (Å²) in [6.07, 6.45) is 11.5. The van der Waals surface area contributed by atoms with E-state index in [4.69, 9.17) is 4.74 Å². The average molecular weight is 415 g/mol. The van der Waals surface area contributed by atoms with Gasteiger partial charge in [0.25, 0.3) is 0 Å². The van der Waals surface area contributed by atoms with Crippen molar-refractivity contribution in [2.24, 2.45) is 28.6 Å². The molecular formula is C26H38O4. The van der Waals surface area contributed by atoms with Gasteiger partial charge in [0.15, 0.2) is 11.5 Å². The summed E-state index contributed by atoms with van der Waals surface area (Å²) in [5, 5.41) is 0. The van der Waals surface area contributed by atoms with E-state index in [9.17, 15) is 14.4 Å². The van der Waals surface area contributed by atoms with Gasteiger partial charge in [-0.1, -0.05) is 40.0 Å². The monoisotopic (exact) mass is 414 g/mol. The molecule has 5 unspecified atom stereocenters. The Bertz CT molecular complexity index is 765. The molecule has 30 heavy (non-hydrogen) atoms. The highest BCUT2D eigenvalue weighted by Gasteiger charge is 2.59. The number of hydrogen-bond acceptors (Lipinski definition) is 4. The first-order valence-electron chi connectivity index (χ1n) is 12.3. The minimum Gasteiger partial charge on any atom is -0.423 e. The number of rotatable bonds is 6. The molecule has 0 aromatic rings. The zero-order chi connectivity index (χ0) is 21.5. The fourth-order valence-electron chi connectivity index (χ4n) is 7.42. The third kappa shape index (κ3) is 3.48. The van der Waals surface area contributed by atoms with Crippen molar-refractivity contribution in [1.82, 2.24) is 0 Å². The van der Waals surface area contributed by atoms with Gasteiger partial charge < -0.3 is 4.74 Å². The van der Waals surface area contributed by atoms with Crippen LogP contribution in [0.3, 0.4) is 0 Å². The third-order valence-corrected chi connectivity index (χ3v) is 9.23. The second-order valence-electron chi connectivity index (χ2n) is 10.8. The Labute approximate surface area is 181 Å². The Balaban J connectivity index is 1.55. The molecule has 4 aliphatic carbocycles. The third-order valence-electron chi connectivity index (χ3n) is 9.23. The molecular weight excluding hydrogens is 376 g/mol. The number of ketones is 2. The molecule has 0 spiro atoms. The number of unbranched alkanes of at least 4 members (excludes halogenated alkanes) is 3. The molecule has 0 radical (unpaired) electrons. The van der Waals surface area contributed by atoms with Crippen LogP contribution < -0.4 is 0 Å². The van der Waals surface area contributed by atoms with Gasteiger partial charge in [0.1, 0.15) is 5.78 Å². The quantitative estimate of drug-likeness (QED) is 0.399. The minimum atomic E-state index is -0.245. The highest BCUT2D eigenvalue weighted by atomic mass is 16.5. The lowest BCUT2D eigenvalue weighted by molar-refractivity contribution is -0.144. The smallest absolute Gasteiger partial charge is 0.311 e. The van der Waals surface area contributed by atoms with Gasteiger partial charge >= 0.3 is 5.97 Å². The Morgan fingerprint density at radius 2 is 1.70 bits per heavy atom. The molecule has 0 saturated heterocycles. The van der Waals surface area contributed by atoms with Crippen LogP contribution in [0.25, 0.3) is 0 Å². The summed E-state index contributed by atoms with van der Waals surface area (Å²) in [6, 6.07) is 0. The summed E-state index contributed by atoms with van der Waals surface area (Å²) >= 11 is 0. The fraction of sp³-hybridized carbons (Fsp3) is 0.808. The summed E-state index contributed by atoms with van der Waals surface area (Å²) in [6.45, 7) is 6.66. The molecule has 4 heteroatoms. The van der Waals surface area contributed by atoms with E-state index in [0.717, 1.165) is 76.2 Å². The van der Waals surface area contributed by atoms with E-state index in [0.29, 0.717) is 42.1 Å². The number of carbonyl (C=O) groups excluding carboxylic acids is 3. The number of Topliss-reactive ketones (excluding diaryl/α,β-unsaturated/α-hetero) is 2. The van der Waals surface area contributed by atoms with Crippen molar-refractivity contribution in [3.8, 4) is 0 Å². The molecule has 0 amide bonds. The first-order valence-corrected chi connectivity index (χ1v) is 12.3. The maximum Gasteiger partial charge on any atom is 0.311 e. The zero-order valence-corrected chi connectivity index (χ0v) is 19.1. The van der Waals surface area contributed by atoms with Gasteiger partial charge in [0.05, 0.1) is 0 Å². The second-order valence-corrected chi connectivity index (χ2v) is 10.8. The van der Waals surface area contributed by atoms with Crippen LogP contribution in [-0.2, 0) is 19.1 Å². The van der Waals surface area contributed by atoms with Gasteiger partial charge in [-0.25, -0.2) is 0 Å². The largest absolute Gasteiger partial charge is 0.423 e. The number of ether oxygens (including phenoxy) is 1. The van der Waals surface area contributed by atoms with E-state index in [2.05, 4.69) is 20.8 Å². The van der Waals surface area contributed by atoms with Gasteiger partial charge in [-0.3, -0.25) is 14.4 Å². The summed E-state index contributed by atoms with van der Waals surface area (Å²) in [4.78, 5) is 37.8. The Morgan fingerprint density at radius 3 is 2.47 bits per heavy atom. The topological polar surface area (TPSA) is 60.4 Å². The van der Waals surface area contributed by atoms with Crippen molar-refractivity contribution < 1.29 is 19.1 Å². The van der Waals surface area contributed by atoms with E-state index in [1.165, 1.54) is 0 Å². The van der Waals surface area contributed by atoms with Crippen LogP contribution in [0.1, 0.15) is 104 Å². The summed E-state index contributed by atoms with van der Waals surface area (Å²) < 4.78 is 5.76. The van der Waals surface area contributed by atoms with Crippen LogP contribution in [0.4, 0.5) is 0 Å². The molecule has 0 aromatic carbocycles. The summed E-state index contributed by atoms with van der Waals surface area (Å²) in [7, 11) is 0. The lowest BCUT2D eigenvalue weighted by atomic mass is 9.47. The molecule has 0 aromatic heterocycles. The highest BCUT2D eigenvalue weighted by molar-refractivity contribution is 5.97. The van der Waals surface area contributed by atoms with E-state index in [1.54, 1.807) is 0 Å². The van der Waals surface area contributed by atoms with Crippen molar-refractivity contribution in [2.75, 3.05) is 0 Å². The molecule has 0 N–H and O–H groups in total. The first kappa shape index (κ1) is 21.8. The van der Waals surface area contributed by atoms with E-state index >= 15 is 0 Å². The maximum atomic E-state index is 12.8. The van der Waals surface area contributed by atoms with Gasteiger partial charge in [0.2, 0.25) is 0 Å². The van der Waals surface area contributed by atoms with Gasteiger partial charge in [-0.2, -0.15) is 0 Å². The Hall–Kier alpha value is -1.45. The number of carbonyl (C=O) groups is 3. The van der Waals surface area contributed by atoms with Crippen molar-refractivity contribution in [3.05, 3.63) is 11.3 Å². The van der Waals surface area contributed by atoms with E-state index in [-0.39, 0.29) is 22.6 Å². The van der Waals surface area contributed by atoms with Crippen LogP contribution in [0.5, 0.6) is 0 Å². The lowest BCUT2D eigenvalue weighted by Crippen LogP contribution is -2.51. The number of allylic oxidation sites excluding steroid dienone is 1. The number of hydrogen-bond donors (Lipinski definition) is 0. The normalized spacial score (nSPS) is 38.2. The molecule has 4 aliphatic rings. The molecule has 0 bridgehead atoms. The highest BCUT2D eigenvalue weighted by Crippen LogP contribution is 2.65. The fourth-order valence-corrected chi connectivity index (χ4v) is 7.42. The molecule has 166 valence electrons. The lowest BCUT2D eigenvalue weighted by Gasteiger charge is -2.57. The number of esters is 1. The summed E-state index contributed by atoms with van der Waals surface area (Å²) in [5.41, 5.74) is 0.911. The van der Waals surface area contributed by atoms with Gasteiger partial charge in [0, 0.05) is 24.7 Å². The molecule has 4 nitrogen and oxygen atoms in total. The Morgan fingerprint density at radius 1 is 0.933 bits per heavy atom. The van der Waals surface area contributed by atoms with E-state index < -0.39 is 0 Å². The van der Waals surface area contributed by atoms with Gasteiger partial charge in [-0.05, 0) is 73.7 Å². The molecule has 3 saturated carbocycles. The van der Waals surface area contributed by atoms with Crippen LogP contribution >= 0.6 is 0 Å². The summed E-state index contributed by atoms with van der Waals surface area (Å²) in [5.74, 6) is 2.17. The molecule has 4 rings (SSSR count). The van der Waals surface area contributed by atoms with Crippen molar-refractivity contribution in [1.29, 1.82) is 0 Å². The standard InChI is InChI=1S/C26H38O4/c1-4-5-6-7-8-23(29)30-24-20-10-9-17-18-11-12-22(28)26(18,3)15-13-19(17)25(20,2)16-14-21(24)27/h17-19H,4-16H2,1-3H3. The second kappa shape index (κ2) is 8.24. The predicted molar refractivity (Wildman–Crippen MR) is 116 cm³/mol. The van der Waals surface area contributed by atoms with E-state index in [1.807, 2.05) is 0 Å².